The second-order valence-electron chi connectivity index (χ2n) is 8.53. The molecule has 7 nitrogen and oxygen atoms in total. The van der Waals surface area contributed by atoms with Gasteiger partial charge in [0.1, 0.15) is 12.1 Å². The van der Waals surface area contributed by atoms with Crippen LogP contribution in [0.1, 0.15) is 26.4 Å². The van der Waals surface area contributed by atoms with Gasteiger partial charge in [-0.15, -0.1) is 0 Å². The molecule has 2 aromatic carbocycles. The third-order valence-electron chi connectivity index (χ3n) is 5.58. The van der Waals surface area contributed by atoms with Gasteiger partial charge in [0.05, 0.1) is 11.3 Å². The molecule has 0 saturated heterocycles. The number of carbonyl (C=O) groups is 2. The van der Waals surface area contributed by atoms with Crippen molar-refractivity contribution in [3.8, 4) is 22.4 Å². The van der Waals surface area contributed by atoms with Crippen molar-refractivity contribution < 1.29 is 35.9 Å². The molecule has 0 saturated carbocycles. The zero-order valence-electron chi connectivity index (χ0n) is 20.2. The molecular formula is C25H18ClF6N5O2. The van der Waals surface area contributed by atoms with E-state index in [2.05, 4.69) is 10.1 Å². The Morgan fingerprint density at radius 1 is 0.974 bits per heavy atom. The van der Waals surface area contributed by atoms with Crippen molar-refractivity contribution in [3.63, 3.8) is 0 Å². The number of alkyl halides is 6. The average Bonchev–Trinajstić information content (AvgIpc) is 3.25. The molecule has 0 aliphatic heterocycles. The molecular weight excluding hydrogens is 552 g/mol. The molecule has 0 fully saturated rings. The van der Waals surface area contributed by atoms with Crippen LogP contribution in [0.4, 0.5) is 26.3 Å². The van der Waals surface area contributed by atoms with E-state index in [0.29, 0.717) is 5.56 Å². The van der Waals surface area contributed by atoms with Gasteiger partial charge in [-0.25, -0.2) is 9.50 Å². The van der Waals surface area contributed by atoms with Crippen molar-refractivity contribution >= 4 is 29.1 Å². The summed E-state index contributed by atoms with van der Waals surface area (Å²) in [6, 6.07) is 10.5. The largest absolute Gasteiger partial charge is 0.416 e. The first kappa shape index (κ1) is 27.9. The van der Waals surface area contributed by atoms with E-state index < -0.39 is 47.5 Å². The normalized spacial score (nSPS) is 12.0. The number of rotatable bonds is 5. The van der Waals surface area contributed by atoms with Gasteiger partial charge in [-0.2, -0.15) is 31.4 Å². The molecule has 39 heavy (non-hydrogen) atoms. The Bertz CT molecular complexity index is 1560. The van der Waals surface area contributed by atoms with E-state index >= 15 is 0 Å². The number of fused-ring (bicyclic) bond motifs is 1. The first-order valence-electron chi connectivity index (χ1n) is 11.1. The summed E-state index contributed by atoms with van der Waals surface area (Å²) in [5.41, 5.74) is -1.28. The fraction of sp³-hybridized carbons (Fsp3) is 0.200. The smallest absolute Gasteiger partial charge is 0.343 e. The minimum Gasteiger partial charge on any atom is -0.343 e. The maximum atomic E-state index is 13.2. The maximum absolute atomic E-state index is 13.2. The van der Waals surface area contributed by atoms with E-state index in [9.17, 15) is 35.9 Å². The van der Waals surface area contributed by atoms with E-state index in [0.717, 1.165) is 33.7 Å². The molecule has 0 atom stereocenters. The predicted octanol–water partition coefficient (Wildman–Crippen LogP) is 5.73. The minimum absolute atomic E-state index is 0.101. The zero-order chi connectivity index (χ0) is 28.7. The lowest BCUT2D eigenvalue weighted by atomic mass is 9.99. The van der Waals surface area contributed by atoms with E-state index in [1.165, 1.54) is 20.3 Å². The number of amides is 2. The van der Waals surface area contributed by atoms with Gasteiger partial charge >= 0.3 is 12.4 Å². The van der Waals surface area contributed by atoms with Crippen molar-refractivity contribution in [1.82, 2.24) is 24.8 Å². The summed E-state index contributed by atoms with van der Waals surface area (Å²) in [6.45, 7) is -1.68. The predicted molar refractivity (Wildman–Crippen MR) is 130 cm³/mol. The van der Waals surface area contributed by atoms with Crippen molar-refractivity contribution in [2.75, 3.05) is 20.6 Å². The Hall–Kier alpha value is -4.13. The third kappa shape index (κ3) is 5.67. The van der Waals surface area contributed by atoms with Gasteiger partial charge in [-0.05, 0) is 18.2 Å². The monoisotopic (exact) mass is 569 g/mol. The minimum atomic E-state index is -4.74. The molecule has 0 spiro atoms. The highest BCUT2D eigenvalue weighted by Crippen LogP contribution is 2.38. The molecule has 14 heteroatoms. The highest BCUT2D eigenvalue weighted by molar-refractivity contribution is 6.33. The van der Waals surface area contributed by atoms with Crippen LogP contribution in [0.5, 0.6) is 0 Å². The Kier molecular flexibility index (Phi) is 7.30. The first-order valence-corrected chi connectivity index (χ1v) is 11.5. The van der Waals surface area contributed by atoms with Gasteiger partial charge < -0.3 is 10.2 Å². The first-order chi connectivity index (χ1) is 18.2. The number of hydrogen-bond acceptors (Lipinski definition) is 4. The molecule has 0 radical (unpaired) electrons. The lowest BCUT2D eigenvalue weighted by Crippen LogP contribution is -2.35. The fourth-order valence-corrected chi connectivity index (χ4v) is 4.03. The SMILES string of the molecule is CN(C)C(=O)c1nn2c(-c3ccc(C(F)(F)F)cc3)c(-c3ccccc3Cl)cnc2c1C(=O)NCC(F)(F)F. The summed E-state index contributed by atoms with van der Waals surface area (Å²) in [5, 5.41) is 6.19. The zero-order valence-corrected chi connectivity index (χ0v) is 20.9. The lowest BCUT2D eigenvalue weighted by Gasteiger charge is -2.14. The van der Waals surface area contributed by atoms with Crippen LogP contribution in [0.25, 0.3) is 28.0 Å². The van der Waals surface area contributed by atoms with Crippen LogP contribution in [0.15, 0.2) is 54.7 Å². The summed E-state index contributed by atoms with van der Waals surface area (Å²) in [6.07, 6.45) is -8.09. The van der Waals surface area contributed by atoms with Crippen LogP contribution >= 0.6 is 11.6 Å². The maximum Gasteiger partial charge on any atom is 0.416 e. The molecule has 4 rings (SSSR count). The quantitative estimate of drug-likeness (QED) is 0.311. The van der Waals surface area contributed by atoms with Crippen LogP contribution in [0.3, 0.4) is 0 Å². The lowest BCUT2D eigenvalue weighted by molar-refractivity contribution is -0.137. The van der Waals surface area contributed by atoms with Gasteiger partial charge in [0.2, 0.25) is 0 Å². The van der Waals surface area contributed by atoms with E-state index in [4.69, 9.17) is 11.6 Å². The third-order valence-corrected chi connectivity index (χ3v) is 5.91. The number of nitrogens with one attached hydrogen (secondary N) is 1. The van der Waals surface area contributed by atoms with E-state index in [-0.39, 0.29) is 27.5 Å². The molecule has 204 valence electrons. The highest BCUT2D eigenvalue weighted by Gasteiger charge is 2.34. The highest BCUT2D eigenvalue weighted by atomic mass is 35.5. The van der Waals surface area contributed by atoms with E-state index in [1.54, 1.807) is 29.6 Å². The molecule has 2 aromatic heterocycles. The Balaban J connectivity index is 2.05. The molecule has 0 unspecified atom stereocenters. The Labute approximate surface area is 222 Å². The topological polar surface area (TPSA) is 79.6 Å². The summed E-state index contributed by atoms with van der Waals surface area (Å²) in [4.78, 5) is 31.1. The van der Waals surface area contributed by atoms with Crippen LogP contribution < -0.4 is 5.32 Å². The molecule has 0 bridgehead atoms. The number of hydrogen-bond donors (Lipinski definition) is 1. The molecule has 2 amide bonds. The second kappa shape index (κ2) is 10.2. The van der Waals surface area contributed by atoms with Crippen molar-refractivity contribution in [2.24, 2.45) is 0 Å². The Morgan fingerprint density at radius 2 is 1.62 bits per heavy atom. The standard InChI is InChI=1S/C25H18ClF6N5O2/c1-36(2)23(39)19-18(22(38)34-12-24(27,28)29)21-33-11-16(15-5-3-4-6-17(15)26)20(37(21)35-19)13-7-9-14(10-8-13)25(30,31)32/h3-11H,12H2,1-2H3,(H,34,38). The van der Waals surface area contributed by atoms with Gasteiger partial charge in [-0.1, -0.05) is 41.9 Å². The summed E-state index contributed by atoms with van der Waals surface area (Å²) in [7, 11) is 2.70. The van der Waals surface area contributed by atoms with Crippen LogP contribution in [-0.2, 0) is 6.18 Å². The molecule has 0 aliphatic carbocycles. The number of carbonyl (C=O) groups excluding carboxylic acids is 2. The van der Waals surface area contributed by atoms with Gasteiger partial charge in [0.25, 0.3) is 11.8 Å². The van der Waals surface area contributed by atoms with Crippen molar-refractivity contribution in [3.05, 3.63) is 76.6 Å². The molecule has 2 heterocycles. The van der Waals surface area contributed by atoms with Gasteiger partial charge in [0.15, 0.2) is 11.3 Å². The van der Waals surface area contributed by atoms with Crippen molar-refractivity contribution in [1.29, 1.82) is 0 Å². The second-order valence-corrected chi connectivity index (χ2v) is 8.94. The van der Waals surface area contributed by atoms with Crippen LogP contribution in [-0.4, -0.2) is 58.1 Å². The van der Waals surface area contributed by atoms with Gasteiger partial charge in [-0.3, -0.25) is 9.59 Å². The summed E-state index contributed by atoms with van der Waals surface area (Å²) in [5.74, 6) is -2.07. The van der Waals surface area contributed by atoms with Gasteiger partial charge in [0, 0.05) is 42.0 Å². The fourth-order valence-electron chi connectivity index (χ4n) is 3.80. The molecule has 1 N–H and O–H groups in total. The summed E-state index contributed by atoms with van der Waals surface area (Å²) >= 11 is 6.38. The number of benzene rings is 2. The summed E-state index contributed by atoms with van der Waals surface area (Å²) < 4.78 is 79.2. The Morgan fingerprint density at radius 3 is 2.18 bits per heavy atom. The number of nitrogens with zero attached hydrogens (tertiary/aromatic N) is 4. The number of aromatic nitrogens is 3. The van der Waals surface area contributed by atoms with Crippen LogP contribution in [0, 0.1) is 0 Å². The van der Waals surface area contributed by atoms with Crippen LogP contribution in [0.2, 0.25) is 5.02 Å². The molecule has 0 aliphatic rings. The average molecular weight is 570 g/mol. The van der Waals surface area contributed by atoms with Crippen molar-refractivity contribution in [2.45, 2.75) is 12.4 Å². The molecule has 4 aromatic rings. The number of halogens is 7. The van der Waals surface area contributed by atoms with E-state index in [1.807, 2.05) is 0 Å².